The van der Waals surface area contributed by atoms with Crippen molar-refractivity contribution in [2.45, 2.75) is 20.3 Å². The van der Waals surface area contributed by atoms with Crippen molar-refractivity contribution in [1.82, 2.24) is 10.1 Å². The van der Waals surface area contributed by atoms with Crippen molar-refractivity contribution < 1.29 is 9.32 Å². The molecule has 1 amide bonds. The molecular formula is C18H17N3O2. The van der Waals surface area contributed by atoms with Gasteiger partial charge in [-0.2, -0.15) is 4.98 Å². The van der Waals surface area contributed by atoms with Gasteiger partial charge in [-0.25, -0.2) is 0 Å². The second-order valence-electron chi connectivity index (χ2n) is 5.27. The van der Waals surface area contributed by atoms with Crippen molar-refractivity contribution in [2.75, 3.05) is 5.32 Å². The fourth-order valence-corrected chi connectivity index (χ4v) is 2.15. The molecule has 23 heavy (non-hydrogen) atoms. The Labute approximate surface area is 134 Å². The van der Waals surface area contributed by atoms with Gasteiger partial charge in [-0.1, -0.05) is 35.8 Å². The maximum atomic E-state index is 12.3. The average molecular weight is 307 g/mol. The van der Waals surface area contributed by atoms with Crippen LogP contribution >= 0.6 is 0 Å². The molecule has 0 saturated carbocycles. The Hall–Kier alpha value is -2.95. The highest BCUT2D eigenvalue weighted by Crippen LogP contribution is 2.21. The number of benzene rings is 2. The van der Waals surface area contributed by atoms with Gasteiger partial charge in [-0.15, -0.1) is 0 Å². The summed E-state index contributed by atoms with van der Waals surface area (Å²) in [5.74, 6) is 0.962. The maximum absolute atomic E-state index is 12.3. The Morgan fingerprint density at radius 1 is 1.17 bits per heavy atom. The minimum atomic E-state index is -0.151. The topological polar surface area (TPSA) is 68.0 Å². The van der Waals surface area contributed by atoms with Gasteiger partial charge in [0.15, 0.2) is 5.82 Å². The summed E-state index contributed by atoms with van der Waals surface area (Å²) in [4.78, 5) is 16.6. The molecule has 0 unspecified atom stereocenters. The van der Waals surface area contributed by atoms with E-state index in [4.69, 9.17) is 4.52 Å². The third kappa shape index (κ3) is 3.45. The number of amides is 1. The van der Waals surface area contributed by atoms with E-state index in [0.29, 0.717) is 29.4 Å². The van der Waals surface area contributed by atoms with Crippen LogP contribution in [0.4, 0.5) is 5.69 Å². The lowest BCUT2D eigenvalue weighted by atomic mass is 10.1. The van der Waals surface area contributed by atoms with Crippen molar-refractivity contribution >= 4 is 11.6 Å². The SMILES string of the molecule is CCc1noc(-c2cccc(NC(=O)c3ccc(C)cc3)c2)n1. The first-order chi connectivity index (χ1) is 11.2. The van der Waals surface area contributed by atoms with Gasteiger partial charge in [-0.3, -0.25) is 4.79 Å². The van der Waals surface area contributed by atoms with Crippen molar-refractivity contribution in [3.8, 4) is 11.5 Å². The molecule has 1 heterocycles. The maximum Gasteiger partial charge on any atom is 0.257 e. The van der Waals surface area contributed by atoms with Crippen LogP contribution in [-0.2, 0) is 6.42 Å². The minimum absolute atomic E-state index is 0.151. The van der Waals surface area contributed by atoms with E-state index < -0.39 is 0 Å². The Bertz CT molecular complexity index is 822. The summed E-state index contributed by atoms with van der Waals surface area (Å²) in [6, 6.07) is 14.8. The van der Waals surface area contributed by atoms with Crippen molar-refractivity contribution in [3.63, 3.8) is 0 Å². The zero-order chi connectivity index (χ0) is 16.2. The number of carbonyl (C=O) groups excluding carboxylic acids is 1. The number of nitrogens with one attached hydrogen (secondary N) is 1. The Morgan fingerprint density at radius 3 is 2.65 bits per heavy atom. The third-order valence-electron chi connectivity index (χ3n) is 3.47. The fraction of sp³-hybridized carbons (Fsp3) is 0.167. The summed E-state index contributed by atoms with van der Waals surface area (Å²) in [7, 11) is 0. The predicted molar refractivity (Wildman–Crippen MR) is 88.2 cm³/mol. The van der Waals surface area contributed by atoms with Gasteiger partial charge in [-0.05, 0) is 37.3 Å². The van der Waals surface area contributed by atoms with Crippen molar-refractivity contribution in [2.24, 2.45) is 0 Å². The number of hydrogen-bond donors (Lipinski definition) is 1. The van der Waals surface area contributed by atoms with Crippen LogP contribution in [0.3, 0.4) is 0 Å². The molecule has 1 aromatic heterocycles. The zero-order valence-corrected chi connectivity index (χ0v) is 13.0. The van der Waals surface area contributed by atoms with Crippen LogP contribution in [0.5, 0.6) is 0 Å². The van der Waals surface area contributed by atoms with Crippen molar-refractivity contribution in [1.29, 1.82) is 0 Å². The first-order valence-electron chi connectivity index (χ1n) is 7.47. The molecule has 0 aliphatic heterocycles. The lowest BCUT2D eigenvalue weighted by molar-refractivity contribution is 0.102. The summed E-state index contributed by atoms with van der Waals surface area (Å²) in [5.41, 5.74) is 3.20. The molecule has 116 valence electrons. The molecule has 2 aromatic carbocycles. The van der Waals surface area contributed by atoms with Crippen LogP contribution in [0, 0.1) is 6.92 Å². The van der Waals surface area contributed by atoms with Gasteiger partial charge in [0.1, 0.15) is 0 Å². The smallest absolute Gasteiger partial charge is 0.257 e. The second-order valence-corrected chi connectivity index (χ2v) is 5.27. The lowest BCUT2D eigenvalue weighted by Crippen LogP contribution is -2.11. The molecule has 0 atom stereocenters. The van der Waals surface area contributed by atoms with E-state index in [9.17, 15) is 4.79 Å². The Kier molecular flexibility index (Phi) is 4.19. The van der Waals surface area contributed by atoms with Gasteiger partial charge >= 0.3 is 0 Å². The normalized spacial score (nSPS) is 10.5. The average Bonchev–Trinajstić information content (AvgIpc) is 3.05. The molecule has 0 bridgehead atoms. The summed E-state index contributed by atoms with van der Waals surface area (Å²) in [6.45, 7) is 3.95. The van der Waals surface area contributed by atoms with E-state index in [2.05, 4.69) is 15.5 Å². The Morgan fingerprint density at radius 2 is 1.96 bits per heavy atom. The molecule has 1 N–H and O–H groups in total. The second kappa shape index (κ2) is 6.44. The first-order valence-corrected chi connectivity index (χ1v) is 7.47. The summed E-state index contributed by atoms with van der Waals surface area (Å²) < 4.78 is 5.23. The van der Waals surface area contributed by atoms with Crippen LogP contribution in [0.2, 0.25) is 0 Å². The number of anilines is 1. The predicted octanol–water partition coefficient (Wildman–Crippen LogP) is 3.86. The number of aromatic nitrogens is 2. The van der Waals surface area contributed by atoms with E-state index in [1.165, 1.54) is 0 Å². The highest BCUT2D eigenvalue weighted by Gasteiger charge is 2.10. The van der Waals surface area contributed by atoms with E-state index in [0.717, 1.165) is 11.1 Å². The number of carbonyl (C=O) groups is 1. The summed E-state index contributed by atoms with van der Waals surface area (Å²) >= 11 is 0. The van der Waals surface area contributed by atoms with E-state index in [1.54, 1.807) is 12.1 Å². The zero-order valence-electron chi connectivity index (χ0n) is 13.0. The number of aryl methyl sites for hydroxylation is 2. The van der Waals surface area contributed by atoms with Crippen molar-refractivity contribution in [3.05, 3.63) is 65.5 Å². The van der Waals surface area contributed by atoms with E-state index >= 15 is 0 Å². The molecule has 0 fully saturated rings. The minimum Gasteiger partial charge on any atom is -0.334 e. The molecular weight excluding hydrogens is 290 g/mol. The van der Waals surface area contributed by atoms with Gasteiger partial charge in [0.2, 0.25) is 0 Å². The van der Waals surface area contributed by atoms with E-state index in [-0.39, 0.29) is 5.91 Å². The van der Waals surface area contributed by atoms with Crippen LogP contribution in [0.15, 0.2) is 53.1 Å². The standard InChI is InChI=1S/C18H17N3O2/c1-3-16-20-18(23-21-16)14-5-4-6-15(11-14)19-17(22)13-9-7-12(2)8-10-13/h4-11H,3H2,1-2H3,(H,19,22). The molecule has 3 rings (SSSR count). The van der Waals surface area contributed by atoms with Crippen LogP contribution < -0.4 is 5.32 Å². The molecule has 5 heteroatoms. The van der Waals surface area contributed by atoms with Gasteiger partial charge in [0.25, 0.3) is 11.8 Å². The summed E-state index contributed by atoms with van der Waals surface area (Å²) in [5, 5.41) is 6.76. The molecule has 5 nitrogen and oxygen atoms in total. The lowest BCUT2D eigenvalue weighted by Gasteiger charge is -2.06. The molecule has 3 aromatic rings. The first kappa shape index (κ1) is 15.0. The monoisotopic (exact) mass is 307 g/mol. The number of rotatable bonds is 4. The van der Waals surface area contributed by atoms with Crippen LogP contribution in [-0.4, -0.2) is 16.0 Å². The van der Waals surface area contributed by atoms with Gasteiger partial charge in [0, 0.05) is 23.2 Å². The van der Waals surface area contributed by atoms with Gasteiger partial charge in [0.05, 0.1) is 0 Å². The van der Waals surface area contributed by atoms with Crippen LogP contribution in [0.1, 0.15) is 28.7 Å². The molecule has 0 aliphatic carbocycles. The largest absolute Gasteiger partial charge is 0.334 e. The van der Waals surface area contributed by atoms with Crippen LogP contribution in [0.25, 0.3) is 11.5 Å². The quantitative estimate of drug-likeness (QED) is 0.794. The highest BCUT2D eigenvalue weighted by atomic mass is 16.5. The van der Waals surface area contributed by atoms with Gasteiger partial charge < -0.3 is 9.84 Å². The molecule has 0 spiro atoms. The molecule has 0 aliphatic rings. The summed E-state index contributed by atoms with van der Waals surface area (Å²) in [6.07, 6.45) is 0.716. The Balaban J connectivity index is 1.79. The third-order valence-corrected chi connectivity index (χ3v) is 3.47. The molecule has 0 radical (unpaired) electrons. The molecule has 0 saturated heterocycles. The highest BCUT2D eigenvalue weighted by molar-refractivity contribution is 6.04. The number of nitrogens with zero attached hydrogens (tertiary/aromatic N) is 2. The number of hydrogen-bond acceptors (Lipinski definition) is 4. The van der Waals surface area contributed by atoms with E-state index in [1.807, 2.05) is 50.2 Å². The fourth-order valence-electron chi connectivity index (χ4n) is 2.15.